The van der Waals surface area contributed by atoms with Crippen molar-refractivity contribution in [3.8, 4) is 5.75 Å². The van der Waals surface area contributed by atoms with Gasteiger partial charge >= 0.3 is 0 Å². The minimum Gasteiger partial charge on any atom is -0.494 e. The summed E-state index contributed by atoms with van der Waals surface area (Å²) in [6, 6.07) is 14.8. The number of fused-ring (bicyclic) bond motifs is 1. The Bertz CT molecular complexity index is 904. The van der Waals surface area contributed by atoms with Crippen molar-refractivity contribution in [2.75, 3.05) is 27.3 Å². The van der Waals surface area contributed by atoms with Crippen molar-refractivity contribution in [3.63, 3.8) is 0 Å². The Labute approximate surface area is 163 Å². The fourth-order valence-electron chi connectivity index (χ4n) is 2.86. The van der Waals surface area contributed by atoms with Gasteiger partial charge in [-0.1, -0.05) is 29.8 Å². The third kappa shape index (κ3) is 4.62. The van der Waals surface area contributed by atoms with Gasteiger partial charge in [0.25, 0.3) is 5.91 Å². The van der Waals surface area contributed by atoms with Crippen LogP contribution in [0.4, 0.5) is 0 Å². The number of carbonyl (C=O) groups is 1. The van der Waals surface area contributed by atoms with E-state index in [0.29, 0.717) is 42.5 Å². The topological polar surface area (TPSA) is 51.9 Å². The van der Waals surface area contributed by atoms with Crippen LogP contribution in [-0.2, 0) is 11.3 Å². The molecule has 0 aliphatic rings. The maximum absolute atomic E-state index is 12.8. The highest BCUT2D eigenvalue weighted by molar-refractivity contribution is 6.30. The molecule has 0 atom stereocenters. The van der Waals surface area contributed by atoms with Crippen molar-refractivity contribution in [1.82, 2.24) is 4.90 Å². The van der Waals surface area contributed by atoms with Crippen molar-refractivity contribution in [1.29, 1.82) is 0 Å². The molecule has 0 radical (unpaired) electrons. The molecule has 0 spiro atoms. The lowest BCUT2D eigenvalue weighted by Crippen LogP contribution is -2.29. The second-order valence-electron chi connectivity index (χ2n) is 6.22. The van der Waals surface area contributed by atoms with Gasteiger partial charge < -0.3 is 18.8 Å². The van der Waals surface area contributed by atoms with Gasteiger partial charge in [0.05, 0.1) is 13.2 Å². The molecule has 0 saturated heterocycles. The van der Waals surface area contributed by atoms with E-state index in [1.165, 1.54) is 0 Å². The lowest BCUT2D eigenvalue weighted by atomic mass is 10.1. The summed E-state index contributed by atoms with van der Waals surface area (Å²) in [5.41, 5.74) is 1.47. The Kier molecular flexibility index (Phi) is 6.37. The van der Waals surface area contributed by atoms with E-state index in [2.05, 4.69) is 0 Å². The Morgan fingerprint density at radius 1 is 1.15 bits per heavy atom. The number of hydrogen-bond donors (Lipinski definition) is 0. The zero-order chi connectivity index (χ0) is 19.2. The molecule has 0 saturated carbocycles. The molecule has 27 heavy (non-hydrogen) atoms. The number of methoxy groups -OCH3 is 1. The summed E-state index contributed by atoms with van der Waals surface area (Å²) in [6.45, 7) is 1.38. The Balaban J connectivity index is 1.60. The first kappa shape index (κ1) is 19.3. The third-order valence-corrected chi connectivity index (χ3v) is 4.50. The van der Waals surface area contributed by atoms with E-state index in [1.807, 2.05) is 36.4 Å². The summed E-state index contributed by atoms with van der Waals surface area (Å²) in [7, 11) is 3.36. The van der Waals surface area contributed by atoms with Crippen LogP contribution < -0.4 is 4.74 Å². The zero-order valence-corrected chi connectivity index (χ0v) is 16.2. The minimum atomic E-state index is -0.162. The molecule has 1 amide bonds. The van der Waals surface area contributed by atoms with Crippen molar-refractivity contribution >= 4 is 28.5 Å². The summed E-state index contributed by atoms with van der Waals surface area (Å²) in [4.78, 5) is 14.5. The number of halogens is 1. The fraction of sp³-hybridized carbons (Fsp3) is 0.286. The average Bonchev–Trinajstić information content (AvgIpc) is 3.05. The summed E-state index contributed by atoms with van der Waals surface area (Å²) < 4.78 is 16.7. The van der Waals surface area contributed by atoms with E-state index in [4.69, 9.17) is 25.5 Å². The first-order valence-electron chi connectivity index (χ1n) is 8.73. The molecule has 6 heteroatoms. The minimum absolute atomic E-state index is 0.162. The lowest BCUT2D eigenvalue weighted by Gasteiger charge is -2.16. The molecule has 142 valence electrons. The third-order valence-electron chi connectivity index (χ3n) is 4.25. The SMILES string of the molecule is COCc1c(C(=O)N(C)CCCOc2ccc(Cl)cc2)oc2ccccc12. The van der Waals surface area contributed by atoms with E-state index >= 15 is 0 Å². The summed E-state index contributed by atoms with van der Waals surface area (Å²) in [5, 5.41) is 1.58. The van der Waals surface area contributed by atoms with Gasteiger partial charge in [0.1, 0.15) is 11.3 Å². The number of benzene rings is 2. The predicted molar refractivity (Wildman–Crippen MR) is 105 cm³/mol. The molecule has 0 aliphatic carbocycles. The van der Waals surface area contributed by atoms with Gasteiger partial charge in [-0.05, 0) is 36.8 Å². The van der Waals surface area contributed by atoms with Crippen molar-refractivity contribution < 1.29 is 18.7 Å². The maximum atomic E-state index is 12.8. The van der Waals surface area contributed by atoms with Gasteiger partial charge in [-0.3, -0.25) is 4.79 Å². The van der Waals surface area contributed by atoms with Crippen molar-refractivity contribution in [2.24, 2.45) is 0 Å². The highest BCUT2D eigenvalue weighted by Crippen LogP contribution is 2.27. The summed E-state index contributed by atoms with van der Waals surface area (Å²) >= 11 is 5.85. The Hall–Kier alpha value is -2.50. The molecule has 1 aromatic heterocycles. The highest BCUT2D eigenvalue weighted by Gasteiger charge is 2.23. The molecule has 0 unspecified atom stereocenters. The number of carbonyl (C=O) groups excluding carboxylic acids is 1. The second-order valence-corrected chi connectivity index (χ2v) is 6.66. The van der Waals surface area contributed by atoms with E-state index in [0.717, 1.165) is 16.7 Å². The van der Waals surface area contributed by atoms with E-state index in [9.17, 15) is 4.79 Å². The molecule has 2 aromatic carbocycles. The molecule has 3 rings (SSSR count). The summed E-state index contributed by atoms with van der Waals surface area (Å²) in [6.07, 6.45) is 0.699. The van der Waals surface area contributed by atoms with Crippen LogP contribution in [0.25, 0.3) is 11.0 Å². The van der Waals surface area contributed by atoms with Gasteiger partial charge in [-0.15, -0.1) is 0 Å². The van der Waals surface area contributed by atoms with Crippen LogP contribution in [0.1, 0.15) is 22.5 Å². The number of nitrogens with zero attached hydrogens (tertiary/aromatic N) is 1. The van der Waals surface area contributed by atoms with Crippen molar-refractivity contribution in [3.05, 3.63) is 64.9 Å². The maximum Gasteiger partial charge on any atom is 0.289 e. The van der Waals surface area contributed by atoms with Crippen molar-refractivity contribution in [2.45, 2.75) is 13.0 Å². The molecule has 3 aromatic rings. The van der Waals surface area contributed by atoms with Crippen LogP contribution in [0, 0.1) is 0 Å². The molecule has 5 nitrogen and oxygen atoms in total. The number of ether oxygens (including phenoxy) is 2. The van der Waals surface area contributed by atoms with Crippen LogP contribution in [0.3, 0.4) is 0 Å². The van der Waals surface area contributed by atoms with Gasteiger partial charge in [0, 0.05) is 36.7 Å². The van der Waals surface area contributed by atoms with Gasteiger partial charge in [0.2, 0.25) is 0 Å². The van der Waals surface area contributed by atoms with Gasteiger partial charge in [-0.2, -0.15) is 0 Å². The molecular formula is C21H22ClNO4. The quantitative estimate of drug-likeness (QED) is 0.522. The van der Waals surface area contributed by atoms with Crippen LogP contribution in [0.5, 0.6) is 5.75 Å². The summed E-state index contributed by atoms with van der Waals surface area (Å²) in [5.74, 6) is 0.928. The molecule has 1 heterocycles. The molecule has 0 fully saturated rings. The standard InChI is InChI=1S/C21H22ClNO4/c1-23(12-5-13-26-16-10-8-15(22)9-11-16)21(24)20-18(14-25-2)17-6-3-4-7-19(17)27-20/h3-4,6-11H,5,12-14H2,1-2H3. The van der Waals surface area contributed by atoms with Crippen LogP contribution in [0.2, 0.25) is 5.02 Å². The average molecular weight is 388 g/mol. The number of amides is 1. The van der Waals surface area contributed by atoms with Gasteiger partial charge in [-0.25, -0.2) is 0 Å². The zero-order valence-electron chi connectivity index (χ0n) is 15.4. The smallest absolute Gasteiger partial charge is 0.289 e. The number of para-hydroxylation sites is 1. The Morgan fingerprint density at radius 3 is 2.63 bits per heavy atom. The number of hydrogen-bond acceptors (Lipinski definition) is 4. The number of rotatable bonds is 8. The molecule has 0 aliphatic heterocycles. The lowest BCUT2D eigenvalue weighted by molar-refractivity contribution is 0.0752. The second kappa shape index (κ2) is 8.93. The van der Waals surface area contributed by atoms with Gasteiger partial charge in [0.15, 0.2) is 5.76 Å². The molecule has 0 N–H and O–H groups in total. The fourth-order valence-corrected chi connectivity index (χ4v) is 2.98. The Morgan fingerprint density at radius 2 is 1.89 bits per heavy atom. The van der Waals surface area contributed by atoms with Crippen LogP contribution >= 0.6 is 11.6 Å². The number of furan rings is 1. The normalized spacial score (nSPS) is 10.9. The van der Waals surface area contributed by atoms with Crippen LogP contribution in [-0.4, -0.2) is 38.1 Å². The first-order chi connectivity index (χ1) is 13.1. The first-order valence-corrected chi connectivity index (χ1v) is 9.11. The molecule has 0 bridgehead atoms. The largest absolute Gasteiger partial charge is 0.494 e. The van der Waals surface area contributed by atoms with Crippen LogP contribution in [0.15, 0.2) is 52.9 Å². The van der Waals surface area contributed by atoms with E-state index in [1.54, 1.807) is 31.2 Å². The highest BCUT2D eigenvalue weighted by atomic mass is 35.5. The van der Waals surface area contributed by atoms with E-state index < -0.39 is 0 Å². The van der Waals surface area contributed by atoms with E-state index in [-0.39, 0.29) is 5.91 Å². The predicted octanol–water partition coefficient (Wildman–Crippen LogP) is 4.77. The molecular weight excluding hydrogens is 366 g/mol. The monoisotopic (exact) mass is 387 g/mol.